The van der Waals surface area contributed by atoms with Crippen LogP contribution in [0.2, 0.25) is 10.0 Å². The largest absolute Gasteiger partial charge is 0.419 e. The topological polar surface area (TPSA) is 64.2 Å². The number of amides is 1. The molecule has 0 fully saturated rings. The molecule has 1 aromatic heterocycles. The van der Waals surface area contributed by atoms with Gasteiger partial charge >= 0.3 is 5.76 Å². The Hall–Kier alpha value is -2.24. The van der Waals surface area contributed by atoms with Crippen LogP contribution in [-0.4, -0.2) is 10.5 Å². The molecule has 0 saturated heterocycles. The minimum Gasteiger partial charge on any atom is -0.408 e. The smallest absolute Gasteiger partial charge is 0.408 e. The van der Waals surface area contributed by atoms with Crippen LogP contribution in [0, 0.1) is 0 Å². The van der Waals surface area contributed by atoms with Gasteiger partial charge in [-0.1, -0.05) is 35.3 Å². The molecule has 124 valence electrons. The zero-order valence-corrected chi connectivity index (χ0v) is 14.1. The number of para-hydroxylation sites is 2. The molecule has 0 bridgehead atoms. The molecule has 0 aliphatic rings. The van der Waals surface area contributed by atoms with Crippen LogP contribution < -0.4 is 11.1 Å². The number of rotatable bonds is 5. The number of oxazole rings is 1. The van der Waals surface area contributed by atoms with Crippen LogP contribution in [0.25, 0.3) is 11.1 Å². The molecule has 0 aliphatic heterocycles. The van der Waals surface area contributed by atoms with Crippen molar-refractivity contribution in [2.75, 3.05) is 5.32 Å². The minimum atomic E-state index is -0.416. The van der Waals surface area contributed by atoms with Gasteiger partial charge in [-0.15, -0.1) is 0 Å². The lowest BCUT2D eigenvalue weighted by molar-refractivity contribution is -0.116. The molecule has 5 nitrogen and oxygen atoms in total. The van der Waals surface area contributed by atoms with Crippen LogP contribution >= 0.6 is 23.2 Å². The number of aromatic nitrogens is 1. The number of aryl methyl sites for hydroxylation is 1. The standard InChI is InChI=1S/C17H14Cl2N2O3/c18-12-8-7-11(10-13(12)19)20-16(22)6-3-9-21-14-4-1-2-5-15(14)24-17(21)23/h1-2,4-5,7-8,10H,3,6,9H2,(H,20,22). The van der Waals surface area contributed by atoms with Crippen molar-refractivity contribution in [1.29, 1.82) is 0 Å². The monoisotopic (exact) mass is 364 g/mol. The van der Waals surface area contributed by atoms with Gasteiger partial charge < -0.3 is 9.73 Å². The van der Waals surface area contributed by atoms with Crippen LogP contribution in [0.15, 0.2) is 51.7 Å². The summed E-state index contributed by atoms with van der Waals surface area (Å²) in [5.41, 5.74) is 1.86. The number of benzene rings is 2. The van der Waals surface area contributed by atoms with E-state index in [1.54, 1.807) is 30.3 Å². The molecule has 1 N–H and O–H groups in total. The molecule has 0 saturated carbocycles. The Morgan fingerprint density at radius 1 is 1.12 bits per heavy atom. The highest BCUT2D eigenvalue weighted by Gasteiger charge is 2.09. The average molecular weight is 365 g/mol. The molecular formula is C17H14Cl2N2O3. The van der Waals surface area contributed by atoms with E-state index < -0.39 is 5.76 Å². The maximum atomic E-state index is 12.0. The summed E-state index contributed by atoms with van der Waals surface area (Å²) in [4.78, 5) is 23.8. The highest BCUT2D eigenvalue weighted by molar-refractivity contribution is 6.42. The Morgan fingerprint density at radius 2 is 1.92 bits per heavy atom. The number of nitrogens with zero attached hydrogens (tertiary/aromatic N) is 1. The highest BCUT2D eigenvalue weighted by atomic mass is 35.5. The summed E-state index contributed by atoms with van der Waals surface area (Å²) in [6.45, 7) is 0.407. The van der Waals surface area contributed by atoms with Crippen molar-refractivity contribution in [1.82, 2.24) is 4.57 Å². The van der Waals surface area contributed by atoms with Crippen molar-refractivity contribution in [3.63, 3.8) is 0 Å². The predicted molar refractivity (Wildman–Crippen MR) is 94.8 cm³/mol. The first-order valence-corrected chi connectivity index (χ1v) is 8.13. The van der Waals surface area contributed by atoms with Crippen molar-refractivity contribution in [2.45, 2.75) is 19.4 Å². The molecule has 2 aromatic carbocycles. The number of carbonyl (C=O) groups excluding carboxylic acids is 1. The van der Waals surface area contributed by atoms with Crippen molar-refractivity contribution in [3.8, 4) is 0 Å². The van der Waals surface area contributed by atoms with E-state index in [1.807, 2.05) is 12.1 Å². The molecule has 1 heterocycles. The Labute approximate surface area is 147 Å². The minimum absolute atomic E-state index is 0.158. The van der Waals surface area contributed by atoms with E-state index in [2.05, 4.69) is 5.32 Å². The molecule has 0 spiro atoms. The van der Waals surface area contributed by atoms with Gasteiger partial charge in [0.1, 0.15) is 0 Å². The lowest BCUT2D eigenvalue weighted by Gasteiger charge is -2.06. The average Bonchev–Trinajstić information content (AvgIpc) is 2.87. The molecule has 0 atom stereocenters. The second kappa shape index (κ2) is 7.11. The van der Waals surface area contributed by atoms with Crippen LogP contribution in [0.4, 0.5) is 5.69 Å². The molecular weight excluding hydrogens is 351 g/mol. The number of fused-ring (bicyclic) bond motifs is 1. The quantitative estimate of drug-likeness (QED) is 0.732. The predicted octanol–water partition coefficient (Wildman–Crippen LogP) is 4.32. The fourth-order valence-electron chi connectivity index (χ4n) is 2.42. The van der Waals surface area contributed by atoms with Gasteiger partial charge in [-0.05, 0) is 36.8 Å². The molecule has 0 radical (unpaired) electrons. The van der Waals surface area contributed by atoms with Gasteiger partial charge in [-0.2, -0.15) is 0 Å². The van der Waals surface area contributed by atoms with Crippen molar-refractivity contribution < 1.29 is 9.21 Å². The Morgan fingerprint density at radius 3 is 2.71 bits per heavy atom. The maximum Gasteiger partial charge on any atom is 0.419 e. The Bertz CT molecular complexity index is 946. The first-order chi connectivity index (χ1) is 11.5. The first kappa shape index (κ1) is 16.6. The lowest BCUT2D eigenvalue weighted by Crippen LogP contribution is -2.17. The van der Waals surface area contributed by atoms with E-state index in [-0.39, 0.29) is 12.3 Å². The number of hydrogen-bond donors (Lipinski definition) is 1. The number of anilines is 1. The van der Waals surface area contributed by atoms with E-state index in [0.29, 0.717) is 34.3 Å². The molecule has 3 rings (SSSR count). The summed E-state index contributed by atoms with van der Waals surface area (Å²) in [5, 5.41) is 3.56. The van der Waals surface area contributed by atoms with Gasteiger partial charge in [0.05, 0.1) is 15.6 Å². The molecule has 0 unspecified atom stereocenters. The molecule has 7 heteroatoms. The van der Waals surface area contributed by atoms with Crippen molar-refractivity contribution >= 4 is 45.9 Å². The van der Waals surface area contributed by atoms with Gasteiger partial charge in [-0.3, -0.25) is 9.36 Å². The zero-order chi connectivity index (χ0) is 17.1. The third-order valence-electron chi connectivity index (χ3n) is 3.56. The summed E-state index contributed by atoms with van der Waals surface area (Å²) in [6.07, 6.45) is 0.781. The maximum absolute atomic E-state index is 12.0. The van der Waals surface area contributed by atoms with Crippen molar-refractivity contribution in [3.05, 3.63) is 63.1 Å². The van der Waals surface area contributed by atoms with Gasteiger partial charge in [-0.25, -0.2) is 4.79 Å². The highest BCUT2D eigenvalue weighted by Crippen LogP contribution is 2.25. The van der Waals surface area contributed by atoms with Gasteiger partial charge in [0.25, 0.3) is 0 Å². The van der Waals surface area contributed by atoms with E-state index in [9.17, 15) is 9.59 Å². The van der Waals surface area contributed by atoms with Gasteiger partial charge in [0.15, 0.2) is 5.58 Å². The normalized spacial score (nSPS) is 10.9. The SMILES string of the molecule is O=C(CCCn1c(=O)oc2ccccc21)Nc1ccc(Cl)c(Cl)c1. The van der Waals surface area contributed by atoms with E-state index in [0.717, 1.165) is 5.52 Å². The molecule has 3 aromatic rings. The first-order valence-electron chi connectivity index (χ1n) is 7.38. The zero-order valence-electron chi connectivity index (χ0n) is 12.6. The second-order valence-corrected chi connectivity index (χ2v) is 6.08. The third-order valence-corrected chi connectivity index (χ3v) is 4.30. The number of halogens is 2. The third kappa shape index (κ3) is 3.63. The van der Waals surface area contributed by atoms with Crippen LogP contribution in [-0.2, 0) is 11.3 Å². The van der Waals surface area contributed by atoms with E-state index >= 15 is 0 Å². The van der Waals surface area contributed by atoms with Crippen LogP contribution in [0.3, 0.4) is 0 Å². The van der Waals surface area contributed by atoms with Gasteiger partial charge in [0, 0.05) is 18.7 Å². The number of nitrogens with one attached hydrogen (secondary N) is 1. The van der Waals surface area contributed by atoms with E-state index in [1.165, 1.54) is 4.57 Å². The fraction of sp³-hybridized carbons (Fsp3) is 0.176. The molecule has 24 heavy (non-hydrogen) atoms. The van der Waals surface area contributed by atoms with Crippen LogP contribution in [0.5, 0.6) is 0 Å². The second-order valence-electron chi connectivity index (χ2n) is 5.27. The summed E-state index contributed by atoms with van der Waals surface area (Å²) >= 11 is 11.7. The lowest BCUT2D eigenvalue weighted by atomic mass is 10.2. The van der Waals surface area contributed by atoms with E-state index in [4.69, 9.17) is 27.6 Å². The summed E-state index contributed by atoms with van der Waals surface area (Å²) in [5.74, 6) is -0.574. The fourth-order valence-corrected chi connectivity index (χ4v) is 2.72. The molecule has 1 amide bonds. The summed E-state index contributed by atoms with van der Waals surface area (Å²) in [7, 11) is 0. The Balaban J connectivity index is 1.59. The summed E-state index contributed by atoms with van der Waals surface area (Å²) < 4.78 is 6.69. The summed E-state index contributed by atoms with van der Waals surface area (Å²) in [6, 6.07) is 12.1. The van der Waals surface area contributed by atoms with Crippen LogP contribution in [0.1, 0.15) is 12.8 Å². The Kier molecular flexibility index (Phi) is 4.92. The van der Waals surface area contributed by atoms with Crippen molar-refractivity contribution in [2.24, 2.45) is 0 Å². The molecule has 0 aliphatic carbocycles. The van der Waals surface area contributed by atoms with Gasteiger partial charge in [0.2, 0.25) is 5.91 Å². The number of carbonyl (C=O) groups is 1. The number of hydrogen-bond acceptors (Lipinski definition) is 3.